The van der Waals surface area contributed by atoms with Crippen molar-refractivity contribution in [3.63, 3.8) is 0 Å². The Kier molecular flexibility index (Phi) is 44.6. The van der Waals surface area contributed by atoms with Crippen LogP contribution in [0.3, 0.4) is 0 Å². The molecule has 10 nitrogen and oxygen atoms in total. The lowest BCUT2D eigenvalue weighted by molar-refractivity contribution is -0.870. The Balaban J connectivity index is 0. The van der Waals surface area contributed by atoms with Crippen molar-refractivity contribution < 1.29 is 54.1 Å². The Morgan fingerprint density at radius 3 is 1.33 bits per heavy atom. The van der Waals surface area contributed by atoms with Gasteiger partial charge in [-0.2, -0.15) is 5.26 Å². The van der Waals surface area contributed by atoms with E-state index in [1.165, 1.54) is 154 Å². The van der Waals surface area contributed by atoms with Gasteiger partial charge in [-0.1, -0.05) is 194 Å². The van der Waals surface area contributed by atoms with Gasteiger partial charge in [0.2, 0.25) is 0 Å². The summed E-state index contributed by atoms with van der Waals surface area (Å²) in [6.07, 6.45) is 37.1. The predicted molar refractivity (Wildman–Crippen MR) is 248 cm³/mol. The van der Waals surface area contributed by atoms with E-state index in [1.807, 2.05) is 6.07 Å². The summed E-state index contributed by atoms with van der Waals surface area (Å²) >= 11 is 0. The van der Waals surface area contributed by atoms with Crippen LogP contribution < -0.4 is 12.4 Å². The molecule has 12 heteroatoms. The van der Waals surface area contributed by atoms with E-state index in [9.17, 15) is 14.2 Å². The number of esters is 2. The standard InChI is InChI=1S/C49H96N2O8P.ClH/c1-7-9-11-13-15-17-19-21-23-25-27-29-31-33-35-38-48(52)55-44-47(45-57-60(54,56-43-37-41-50)59-46(3)40-42-51(4,5)6)58-49(53)39-36-34-32-30-28-26-24-22-20-18-16-14-12-10-8-2;/h46-47H,7-40,42-45H2,1-6H3;1H/q+1;/p-1. The first-order valence-corrected chi connectivity index (χ1v) is 26.5. The van der Waals surface area contributed by atoms with Crippen molar-refractivity contribution >= 4 is 19.8 Å². The van der Waals surface area contributed by atoms with Crippen molar-refractivity contribution in [3.05, 3.63) is 0 Å². The number of carbonyl (C=O) groups excluding carboxylic acids is 2. The molecular formula is C49H96ClN2O8P. The molecule has 0 aliphatic carbocycles. The van der Waals surface area contributed by atoms with Crippen molar-refractivity contribution in [2.24, 2.45) is 0 Å². The Labute approximate surface area is 382 Å². The average molecular weight is 908 g/mol. The number of quaternary nitrogens is 1. The number of phosphoric acid groups is 1. The first kappa shape index (κ1) is 61.9. The van der Waals surface area contributed by atoms with Crippen LogP contribution in [-0.4, -0.2) is 76.1 Å². The molecular weight excluding hydrogens is 811 g/mol. The van der Waals surface area contributed by atoms with Gasteiger partial charge in [0.15, 0.2) is 6.10 Å². The minimum Gasteiger partial charge on any atom is -1.00 e. The summed E-state index contributed by atoms with van der Waals surface area (Å²) in [5.41, 5.74) is 0. The maximum absolute atomic E-state index is 13.7. The van der Waals surface area contributed by atoms with E-state index in [0.29, 0.717) is 23.7 Å². The summed E-state index contributed by atoms with van der Waals surface area (Å²) in [5.74, 6) is -0.763. The van der Waals surface area contributed by atoms with Crippen LogP contribution in [0.5, 0.6) is 0 Å². The Bertz CT molecular complexity index is 1090. The number of ether oxygens (including phenoxy) is 2. The van der Waals surface area contributed by atoms with Gasteiger partial charge in [0.05, 0.1) is 59.5 Å². The van der Waals surface area contributed by atoms with E-state index in [1.54, 1.807) is 6.92 Å². The van der Waals surface area contributed by atoms with Crippen LogP contribution in [0.2, 0.25) is 0 Å². The number of hydrogen-bond acceptors (Lipinski definition) is 9. The fourth-order valence-corrected chi connectivity index (χ4v) is 8.62. The lowest BCUT2D eigenvalue weighted by Gasteiger charge is -2.27. The number of halogens is 1. The molecule has 3 atom stereocenters. The lowest BCUT2D eigenvalue weighted by Crippen LogP contribution is -3.00. The monoisotopic (exact) mass is 907 g/mol. The van der Waals surface area contributed by atoms with Gasteiger partial charge in [0.25, 0.3) is 0 Å². The van der Waals surface area contributed by atoms with Crippen LogP contribution in [0, 0.1) is 11.3 Å². The van der Waals surface area contributed by atoms with Gasteiger partial charge in [-0.25, -0.2) is 4.57 Å². The smallest absolute Gasteiger partial charge is 0.475 e. The second kappa shape index (κ2) is 44.0. The second-order valence-corrected chi connectivity index (χ2v) is 20.0. The molecule has 0 aliphatic heterocycles. The zero-order valence-corrected chi connectivity index (χ0v) is 42.2. The SMILES string of the molecule is CCCCCCCCCCCCCCCCCC(=O)OCC(COP(=O)(OCCC#N)OC(C)CC[N+](C)(C)C)OC(=O)CCCCCCCCCCCCCCCCC.[Cl-]. The van der Waals surface area contributed by atoms with E-state index in [-0.39, 0.29) is 51.0 Å². The summed E-state index contributed by atoms with van der Waals surface area (Å²) in [6, 6.07) is 1.98. The number of phosphoric ester groups is 1. The van der Waals surface area contributed by atoms with Crippen molar-refractivity contribution in [1.82, 2.24) is 0 Å². The third-order valence-corrected chi connectivity index (χ3v) is 12.7. The molecule has 0 rings (SSSR count). The summed E-state index contributed by atoms with van der Waals surface area (Å²) < 4.78 is 42.7. The van der Waals surface area contributed by atoms with Gasteiger partial charge in [-0.15, -0.1) is 0 Å². The maximum Gasteiger partial charge on any atom is 0.475 e. The molecule has 0 fully saturated rings. The normalized spacial score (nSPS) is 13.5. The molecule has 362 valence electrons. The second-order valence-electron chi connectivity index (χ2n) is 18.4. The van der Waals surface area contributed by atoms with Crippen molar-refractivity contribution in [3.8, 4) is 6.07 Å². The van der Waals surface area contributed by atoms with Gasteiger partial charge in [-0.05, 0) is 19.8 Å². The molecule has 0 aromatic heterocycles. The quantitative estimate of drug-likeness (QED) is 0.0254. The summed E-state index contributed by atoms with van der Waals surface area (Å²) in [7, 11) is 2.06. The maximum atomic E-state index is 13.7. The van der Waals surface area contributed by atoms with Crippen LogP contribution in [0.4, 0.5) is 0 Å². The van der Waals surface area contributed by atoms with Gasteiger partial charge >= 0.3 is 19.8 Å². The first-order chi connectivity index (χ1) is 28.9. The van der Waals surface area contributed by atoms with Crippen LogP contribution >= 0.6 is 7.82 Å². The Morgan fingerprint density at radius 2 is 0.951 bits per heavy atom. The number of rotatable bonds is 46. The molecule has 0 radical (unpaired) electrons. The Hall–Kier alpha value is -1.21. The van der Waals surface area contributed by atoms with Gasteiger partial charge in [0.1, 0.15) is 6.61 Å². The van der Waals surface area contributed by atoms with Crippen molar-refractivity contribution in [2.75, 3.05) is 47.5 Å². The molecule has 0 saturated carbocycles. The third-order valence-electron chi connectivity index (χ3n) is 11.1. The third kappa shape index (κ3) is 45.2. The van der Waals surface area contributed by atoms with Gasteiger partial charge < -0.3 is 26.4 Å². The highest BCUT2D eigenvalue weighted by Gasteiger charge is 2.32. The molecule has 61 heavy (non-hydrogen) atoms. The molecule has 3 unspecified atom stereocenters. The zero-order valence-electron chi connectivity index (χ0n) is 40.5. The van der Waals surface area contributed by atoms with Crippen LogP contribution in [0.15, 0.2) is 0 Å². The highest BCUT2D eigenvalue weighted by Crippen LogP contribution is 2.51. The minimum absolute atomic E-state index is 0. The number of unbranched alkanes of at least 4 members (excludes halogenated alkanes) is 28. The molecule has 0 aliphatic rings. The van der Waals surface area contributed by atoms with Crippen molar-refractivity contribution in [2.45, 2.75) is 251 Å². The molecule has 0 aromatic carbocycles. The average Bonchev–Trinajstić information content (AvgIpc) is 3.21. The lowest BCUT2D eigenvalue weighted by atomic mass is 10.0. The van der Waals surface area contributed by atoms with E-state index in [0.717, 1.165) is 38.6 Å². The molecule has 0 spiro atoms. The van der Waals surface area contributed by atoms with Crippen LogP contribution in [0.25, 0.3) is 0 Å². The zero-order chi connectivity index (χ0) is 44.4. The topological polar surface area (TPSA) is 121 Å². The summed E-state index contributed by atoms with van der Waals surface area (Å²) in [4.78, 5) is 25.7. The number of carbonyl (C=O) groups is 2. The van der Waals surface area contributed by atoms with Crippen LogP contribution in [-0.2, 0) is 37.2 Å². The molecule has 0 amide bonds. The molecule has 0 N–H and O–H groups in total. The molecule has 0 aromatic rings. The first-order valence-electron chi connectivity index (χ1n) is 25.0. The largest absolute Gasteiger partial charge is 1.00 e. The van der Waals surface area contributed by atoms with Gasteiger partial charge in [0, 0.05) is 19.3 Å². The number of nitrogens with zero attached hydrogens (tertiary/aromatic N) is 2. The van der Waals surface area contributed by atoms with E-state index >= 15 is 0 Å². The molecule has 0 saturated heterocycles. The summed E-state index contributed by atoms with van der Waals surface area (Å²) in [6.45, 7) is 6.42. The minimum atomic E-state index is -4.12. The van der Waals surface area contributed by atoms with Crippen LogP contribution in [0.1, 0.15) is 239 Å². The number of hydrogen-bond donors (Lipinski definition) is 0. The van der Waals surface area contributed by atoms with E-state index < -0.39 is 26.0 Å². The molecule has 0 bridgehead atoms. The van der Waals surface area contributed by atoms with E-state index in [4.69, 9.17) is 28.3 Å². The highest BCUT2D eigenvalue weighted by atomic mass is 35.5. The summed E-state index contributed by atoms with van der Waals surface area (Å²) in [5, 5.41) is 9.04. The number of nitriles is 1. The molecule has 0 heterocycles. The van der Waals surface area contributed by atoms with Crippen molar-refractivity contribution in [1.29, 1.82) is 5.26 Å². The predicted octanol–water partition coefficient (Wildman–Crippen LogP) is 11.5. The van der Waals surface area contributed by atoms with Gasteiger partial charge in [-0.3, -0.25) is 23.2 Å². The Morgan fingerprint density at radius 1 is 0.574 bits per heavy atom. The van der Waals surface area contributed by atoms with E-state index in [2.05, 4.69) is 35.0 Å². The fourth-order valence-electron chi connectivity index (χ4n) is 7.22. The highest BCUT2D eigenvalue weighted by molar-refractivity contribution is 7.48. The fraction of sp³-hybridized carbons (Fsp3) is 0.939.